The van der Waals surface area contributed by atoms with Gasteiger partial charge in [-0.15, -0.1) is 0 Å². The second-order valence-corrected chi connectivity index (χ2v) is 5.08. The van der Waals surface area contributed by atoms with Crippen molar-refractivity contribution in [2.45, 2.75) is 19.0 Å². The van der Waals surface area contributed by atoms with Crippen molar-refractivity contribution in [1.29, 1.82) is 0 Å². The predicted molar refractivity (Wildman–Crippen MR) is 66.1 cm³/mol. The highest BCUT2D eigenvalue weighted by molar-refractivity contribution is 9.10. The number of anilines is 1. The minimum Gasteiger partial charge on any atom is -0.305 e. The molecule has 7 heteroatoms. The number of nitrogens with zero attached hydrogens (tertiary/aromatic N) is 1. The number of halogens is 4. The molecule has 1 aromatic rings. The number of rotatable bonds is 3. The third kappa shape index (κ3) is 2.97. The molecular weight excluding hydrogens is 327 g/mol. The molecule has 102 valence electrons. The number of amides is 1. The minimum atomic E-state index is -4.25. The van der Waals surface area contributed by atoms with Crippen molar-refractivity contribution in [1.82, 2.24) is 0 Å². The molecule has 3 nitrogen and oxygen atoms in total. The highest BCUT2D eigenvalue weighted by atomic mass is 79.9. The summed E-state index contributed by atoms with van der Waals surface area (Å²) in [7, 11) is 0. The van der Waals surface area contributed by atoms with Crippen LogP contribution in [0.5, 0.6) is 0 Å². The largest absolute Gasteiger partial charge is 0.389 e. The first-order valence-electron chi connectivity index (χ1n) is 5.52. The van der Waals surface area contributed by atoms with Crippen LogP contribution in [0.4, 0.5) is 18.9 Å². The Labute approximate surface area is 115 Å². The van der Waals surface area contributed by atoms with Crippen molar-refractivity contribution in [2.75, 3.05) is 11.4 Å². The van der Waals surface area contributed by atoms with E-state index in [-0.39, 0.29) is 18.5 Å². The van der Waals surface area contributed by atoms with E-state index in [9.17, 15) is 22.8 Å². The molecule has 0 aromatic heterocycles. The maximum absolute atomic E-state index is 12.1. The van der Waals surface area contributed by atoms with Gasteiger partial charge in [-0.05, 0) is 24.6 Å². The van der Waals surface area contributed by atoms with Gasteiger partial charge in [0, 0.05) is 17.4 Å². The molecule has 0 radical (unpaired) electrons. The zero-order valence-electron chi connectivity index (χ0n) is 9.63. The Balaban J connectivity index is 2.15. The molecule has 1 amide bonds. The van der Waals surface area contributed by atoms with Crippen LogP contribution >= 0.6 is 15.9 Å². The fourth-order valence-electron chi connectivity index (χ4n) is 1.93. The molecule has 0 unspecified atom stereocenters. The maximum atomic E-state index is 12.1. The van der Waals surface area contributed by atoms with E-state index in [4.69, 9.17) is 0 Å². The fourth-order valence-corrected chi connectivity index (χ4v) is 2.29. The second-order valence-electron chi connectivity index (χ2n) is 4.17. The number of carbonyl (C=O) groups is 2. The predicted octanol–water partition coefficient (Wildman–Crippen LogP) is 3.32. The van der Waals surface area contributed by atoms with Gasteiger partial charge in [0.1, 0.15) is 0 Å². The Morgan fingerprint density at radius 2 is 1.89 bits per heavy atom. The average Bonchev–Trinajstić information content (AvgIpc) is 2.53. The summed E-state index contributed by atoms with van der Waals surface area (Å²) in [5, 5.41) is 0. The van der Waals surface area contributed by atoms with Crippen LogP contribution in [0.15, 0.2) is 22.7 Å². The Bertz CT molecular complexity index is 542. The van der Waals surface area contributed by atoms with Crippen LogP contribution in [0.3, 0.4) is 0 Å². The molecule has 1 heterocycles. The van der Waals surface area contributed by atoms with Crippen LogP contribution in [0, 0.1) is 0 Å². The minimum absolute atomic E-state index is 0.112. The van der Waals surface area contributed by atoms with E-state index in [1.54, 1.807) is 12.1 Å². The summed E-state index contributed by atoms with van der Waals surface area (Å²) in [6.45, 7) is -0.112. The van der Waals surface area contributed by atoms with Gasteiger partial charge in [0.15, 0.2) is 0 Å². The Hall–Kier alpha value is -1.37. The highest BCUT2D eigenvalue weighted by Crippen LogP contribution is 2.32. The van der Waals surface area contributed by atoms with Gasteiger partial charge in [-0.1, -0.05) is 15.9 Å². The average molecular weight is 336 g/mol. The first kappa shape index (κ1) is 14.0. The summed E-state index contributed by atoms with van der Waals surface area (Å²) in [4.78, 5) is 24.5. The monoisotopic (exact) mass is 335 g/mol. The molecule has 0 aliphatic carbocycles. The molecule has 0 atom stereocenters. The van der Waals surface area contributed by atoms with E-state index in [0.717, 1.165) is 4.90 Å². The smallest absolute Gasteiger partial charge is 0.305 e. The number of Topliss-reactive ketones (excluding diaryl/α,β-unsaturated/α-hetero) is 1. The van der Waals surface area contributed by atoms with E-state index >= 15 is 0 Å². The van der Waals surface area contributed by atoms with Crippen molar-refractivity contribution in [3.63, 3.8) is 0 Å². The van der Waals surface area contributed by atoms with Crippen LogP contribution < -0.4 is 4.90 Å². The molecule has 1 aliphatic heterocycles. The van der Waals surface area contributed by atoms with Gasteiger partial charge in [-0.3, -0.25) is 9.59 Å². The zero-order chi connectivity index (χ0) is 14.2. The van der Waals surface area contributed by atoms with E-state index in [0.29, 0.717) is 10.2 Å². The van der Waals surface area contributed by atoms with Gasteiger partial charge < -0.3 is 4.90 Å². The quantitative estimate of drug-likeness (QED) is 0.794. The van der Waals surface area contributed by atoms with Crippen molar-refractivity contribution in [2.24, 2.45) is 0 Å². The standard InChI is InChI=1S/C12H9BrF3NO2/c13-7-2-3-9-8(6-7)10(18)11(19)17(9)5-1-4-12(14,15)16/h2-3,6H,1,4-5H2. The van der Waals surface area contributed by atoms with Crippen LogP contribution in [0.25, 0.3) is 0 Å². The van der Waals surface area contributed by atoms with Gasteiger partial charge in [-0.25, -0.2) is 0 Å². The van der Waals surface area contributed by atoms with E-state index in [2.05, 4.69) is 15.9 Å². The first-order chi connectivity index (χ1) is 8.79. The van der Waals surface area contributed by atoms with Crippen LogP contribution in [0.1, 0.15) is 23.2 Å². The molecule has 1 aliphatic rings. The number of benzene rings is 1. The molecule has 0 bridgehead atoms. The maximum Gasteiger partial charge on any atom is 0.389 e. The zero-order valence-corrected chi connectivity index (χ0v) is 11.2. The fraction of sp³-hybridized carbons (Fsp3) is 0.333. The second kappa shape index (κ2) is 4.96. The molecule has 1 aromatic carbocycles. The van der Waals surface area contributed by atoms with E-state index in [1.165, 1.54) is 6.07 Å². The Morgan fingerprint density at radius 1 is 1.21 bits per heavy atom. The summed E-state index contributed by atoms with van der Waals surface area (Å²) in [5.74, 6) is -1.45. The van der Waals surface area contributed by atoms with Crippen molar-refractivity contribution < 1.29 is 22.8 Å². The van der Waals surface area contributed by atoms with Crippen LogP contribution in [-0.4, -0.2) is 24.4 Å². The first-order valence-corrected chi connectivity index (χ1v) is 6.31. The number of ketones is 1. The van der Waals surface area contributed by atoms with Gasteiger partial charge in [-0.2, -0.15) is 13.2 Å². The Morgan fingerprint density at radius 3 is 2.53 bits per heavy atom. The summed E-state index contributed by atoms with van der Waals surface area (Å²) in [6, 6.07) is 4.69. The van der Waals surface area contributed by atoms with Gasteiger partial charge >= 0.3 is 6.18 Å². The molecule has 0 N–H and O–H groups in total. The van der Waals surface area contributed by atoms with E-state index in [1.807, 2.05) is 0 Å². The molecule has 0 spiro atoms. The van der Waals surface area contributed by atoms with Gasteiger partial charge in [0.2, 0.25) is 0 Å². The molecule has 19 heavy (non-hydrogen) atoms. The SMILES string of the molecule is O=C1C(=O)N(CCCC(F)(F)F)c2ccc(Br)cc21. The van der Waals surface area contributed by atoms with E-state index < -0.39 is 24.3 Å². The van der Waals surface area contributed by atoms with Crippen molar-refractivity contribution in [3.05, 3.63) is 28.2 Å². The lowest BCUT2D eigenvalue weighted by Crippen LogP contribution is -2.31. The van der Waals surface area contributed by atoms with Crippen molar-refractivity contribution >= 4 is 33.3 Å². The van der Waals surface area contributed by atoms with Crippen molar-refractivity contribution in [3.8, 4) is 0 Å². The number of hydrogen-bond acceptors (Lipinski definition) is 2. The summed E-state index contributed by atoms with van der Waals surface area (Å²) in [6.07, 6.45) is -5.45. The molecule has 0 saturated heterocycles. The molecule has 0 fully saturated rings. The summed E-state index contributed by atoms with van der Waals surface area (Å²) in [5.41, 5.74) is 0.603. The summed E-state index contributed by atoms with van der Waals surface area (Å²) >= 11 is 3.18. The normalized spacial score (nSPS) is 15.1. The lowest BCUT2D eigenvalue weighted by atomic mass is 10.1. The molecule has 2 rings (SSSR count). The lowest BCUT2D eigenvalue weighted by molar-refractivity contribution is -0.135. The Kier molecular flexibility index (Phi) is 3.66. The topological polar surface area (TPSA) is 37.4 Å². The lowest BCUT2D eigenvalue weighted by Gasteiger charge is -2.16. The summed E-state index contributed by atoms with van der Waals surface area (Å²) < 4.78 is 36.9. The molecule has 0 saturated carbocycles. The number of carbonyl (C=O) groups excluding carboxylic acids is 2. The van der Waals surface area contributed by atoms with Gasteiger partial charge in [0.25, 0.3) is 11.7 Å². The number of fused-ring (bicyclic) bond motifs is 1. The van der Waals surface area contributed by atoms with Gasteiger partial charge in [0.05, 0.1) is 11.3 Å². The molecular formula is C12H9BrF3NO2. The number of hydrogen-bond donors (Lipinski definition) is 0. The van der Waals surface area contributed by atoms with Crippen LogP contribution in [0.2, 0.25) is 0 Å². The third-order valence-electron chi connectivity index (χ3n) is 2.78. The third-order valence-corrected chi connectivity index (χ3v) is 3.27. The van der Waals surface area contributed by atoms with Crippen LogP contribution in [-0.2, 0) is 4.79 Å². The number of alkyl halides is 3. The highest BCUT2D eigenvalue weighted by Gasteiger charge is 2.36.